The van der Waals surface area contributed by atoms with Gasteiger partial charge in [-0.15, -0.1) is 0 Å². The van der Waals surface area contributed by atoms with Crippen LogP contribution in [0.2, 0.25) is 5.02 Å². The van der Waals surface area contributed by atoms with Crippen LogP contribution in [0.15, 0.2) is 45.9 Å². The van der Waals surface area contributed by atoms with Crippen LogP contribution in [0.1, 0.15) is 5.76 Å². The number of imide groups is 1. The van der Waals surface area contributed by atoms with Gasteiger partial charge < -0.3 is 4.42 Å². The fourth-order valence-electron chi connectivity index (χ4n) is 1.84. The van der Waals surface area contributed by atoms with Crippen LogP contribution in [-0.2, 0) is 4.79 Å². The molecule has 1 aliphatic rings. The van der Waals surface area contributed by atoms with Gasteiger partial charge in [-0.1, -0.05) is 11.6 Å². The average molecular weight is 304 g/mol. The maximum absolute atomic E-state index is 11.3. The smallest absolute Gasteiger partial charge is 0.344 e. The molecule has 0 atom stereocenters. The average Bonchev–Trinajstić information content (AvgIpc) is 3.04. The number of benzene rings is 1. The number of hydrogen-bond donors (Lipinski definition) is 1. The van der Waals surface area contributed by atoms with E-state index in [-0.39, 0.29) is 12.5 Å². The minimum Gasteiger partial charge on any atom is -0.455 e. The van der Waals surface area contributed by atoms with Crippen molar-refractivity contribution in [1.29, 1.82) is 0 Å². The fourth-order valence-corrected chi connectivity index (χ4v) is 1.97. The summed E-state index contributed by atoms with van der Waals surface area (Å²) in [5, 5.41) is 7.72. The van der Waals surface area contributed by atoms with E-state index < -0.39 is 6.03 Å². The third-order valence-corrected chi connectivity index (χ3v) is 3.11. The van der Waals surface area contributed by atoms with E-state index in [9.17, 15) is 9.59 Å². The Kier molecular flexibility index (Phi) is 3.45. The highest BCUT2D eigenvalue weighted by Gasteiger charge is 2.25. The lowest BCUT2D eigenvalue weighted by molar-refractivity contribution is -0.118. The Hall–Kier alpha value is -2.60. The van der Waals surface area contributed by atoms with Crippen molar-refractivity contribution in [3.8, 4) is 11.3 Å². The molecule has 7 heteroatoms. The van der Waals surface area contributed by atoms with Crippen molar-refractivity contribution in [3.63, 3.8) is 0 Å². The van der Waals surface area contributed by atoms with Gasteiger partial charge in [-0.05, 0) is 36.4 Å². The van der Waals surface area contributed by atoms with Crippen LogP contribution in [0.3, 0.4) is 0 Å². The Morgan fingerprint density at radius 3 is 2.62 bits per heavy atom. The van der Waals surface area contributed by atoms with E-state index in [1.165, 1.54) is 6.21 Å². The Morgan fingerprint density at radius 2 is 1.95 bits per heavy atom. The molecule has 3 amide bonds. The van der Waals surface area contributed by atoms with Gasteiger partial charge in [0.15, 0.2) is 0 Å². The number of hydrazone groups is 1. The van der Waals surface area contributed by atoms with Crippen molar-refractivity contribution in [3.05, 3.63) is 47.2 Å². The molecule has 1 N–H and O–H groups in total. The van der Waals surface area contributed by atoms with Gasteiger partial charge in [-0.2, -0.15) is 5.10 Å². The molecule has 106 valence electrons. The predicted molar refractivity (Wildman–Crippen MR) is 77.0 cm³/mol. The second-order valence-electron chi connectivity index (χ2n) is 4.36. The number of halogens is 1. The van der Waals surface area contributed by atoms with E-state index >= 15 is 0 Å². The van der Waals surface area contributed by atoms with Crippen LogP contribution in [0.5, 0.6) is 0 Å². The van der Waals surface area contributed by atoms with E-state index in [0.717, 1.165) is 10.6 Å². The van der Waals surface area contributed by atoms with E-state index in [1.807, 2.05) is 12.1 Å². The summed E-state index contributed by atoms with van der Waals surface area (Å²) in [5.74, 6) is 0.764. The van der Waals surface area contributed by atoms with E-state index in [2.05, 4.69) is 10.4 Å². The van der Waals surface area contributed by atoms with Crippen LogP contribution in [0, 0.1) is 0 Å². The summed E-state index contributed by atoms with van der Waals surface area (Å²) >= 11 is 5.83. The van der Waals surface area contributed by atoms with Gasteiger partial charge in [0.2, 0.25) is 5.91 Å². The van der Waals surface area contributed by atoms with E-state index in [0.29, 0.717) is 16.5 Å². The molecule has 2 aromatic rings. The van der Waals surface area contributed by atoms with Crippen LogP contribution in [0.25, 0.3) is 11.3 Å². The van der Waals surface area contributed by atoms with E-state index in [1.54, 1.807) is 24.3 Å². The maximum atomic E-state index is 11.3. The zero-order valence-electron chi connectivity index (χ0n) is 10.7. The highest BCUT2D eigenvalue weighted by atomic mass is 35.5. The zero-order valence-corrected chi connectivity index (χ0v) is 11.5. The van der Waals surface area contributed by atoms with Crippen LogP contribution in [0.4, 0.5) is 4.79 Å². The fraction of sp³-hybridized carbons (Fsp3) is 0.0714. The first kappa shape index (κ1) is 13.4. The number of amides is 3. The number of nitrogens with zero attached hydrogens (tertiary/aromatic N) is 2. The monoisotopic (exact) mass is 303 g/mol. The largest absolute Gasteiger partial charge is 0.455 e. The Balaban J connectivity index is 1.75. The van der Waals surface area contributed by atoms with E-state index in [4.69, 9.17) is 16.0 Å². The number of hydrogen-bond acceptors (Lipinski definition) is 4. The molecule has 6 nitrogen and oxygen atoms in total. The predicted octanol–water partition coefficient (Wildman–Crippen LogP) is 2.49. The van der Waals surface area contributed by atoms with Gasteiger partial charge >= 0.3 is 6.03 Å². The number of rotatable bonds is 3. The molecule has 21 heavy (non-hydrogen) atoms. The second kappa shape index (κ2) is 5.41. The molecular weight excluding hydrogens is 294 g/mol. The highest BCUT2D eigenvalue weighted by molar-refractivity contribution is 6.30. The maximum Gasteiger partial charge on any atom is 0.344 e. The van der Waals surface area contributed by atoms with Gasteiger partial charge in [0.05, 0.1) is 6.21 Å². The first-order valence-corrected chi connectivity index (χ1v) is 6.51. The van der Waals surface area contributed by atoms with Crippen LogP contribution >= 0.6 is 11.6 Å². The van der Waals surface area contributed by atoms with Crippen molar-refractivity contribution in [2.45, 2.75) is 0 Å². The van der Waals surface area contributed by atoms with Gasteiger partial charge in [0.1, 0.15) is 18.1 Å². The summed E-state index contributed by atoms with van der Waals surface area (Å²) in [6.07, 6.45) is 1.39. The molecule has 1 saturated heterocycles. The number of urea groups is 1. The Labute approximate surface area is 125 Å². The standard InChI is InChI=1S/C14H10ClN3O3/c15-10-3-1-9(2-4-10)12-6-5-11(21-12)7-16-18-8-13(19)17-14(18)20/h1-7H,8H2,(H,17,19,20)/b16-7+. The Bertz CT molecular complexity index is 721. The van der Waals surface area contributed by atoms with Gasteiger partial charge in [0.25, 0.3) is 0 Å². The number of furan rings is 1. The molecule has 0 saturated carbocycles. The topological polar surface area (TPSA) is 74.9 Å². The lowest BCUT2D eigenvalue weighted by atomic mass is 10.2. The van der Waals surface area contributed by atoms with Crippen molar-refractivity contribution >= 4 is 29.8 Å². The molecule has 0 bridgehead atoms. The lowest BCUT2D eigenvalue weighted by Gasteiger charge is -2.02. The number of nitrogens with one attached hydrogen (secondary N) is 1. The van der Waals surface area contributed by atoms with Gasteiger partial charge in [-0.3, -0.25) is 10.1 Å². The summed E-state index contributed by atoms with van der Waals surface area (Å²) in [6, 6.07) is 10.2. The van der Waals surface area contributed by atoms with Gasteiger partial charge in [-0.25, -0.2) is 9.80 Å². The molecule has 0 radical (unpaired) electrons. The number of carbonyl (C=O) groups excluding carboxylic acids is 2. The summed E-state index contributed by atoms with van der Waals surface area (Å²) in [4.78, 5) is 22.3. The summed E-state index contributed by atoms with van der Waals surface area (Å²) in [5.41, 5.74) is 0.883. The third-order valence-electron chi connectivity index (χ3n) is 2.85. The van der Waals surface area contributed by atoms with Crippen LogP contribution < -0.4 is 5.32 Å². The van der Waals surface area contributed by atoms with Crippen LogP contribution in [-0.4, -0.2) is 29.7 Å². The summed E-state index contributed by atoms with van der Waals surface area (Å²) in [6.45, 7) is -0.0833. The van der Waals surface area contributed by atoms with Crippen molar-refractivity contribution in [2.75, 3.05) is 6.54 Å². The first-order valence-electron chi connectivity index (χ1n) is 6.13. The molecule has 0 aliphatic carbocycles. The number of carbonyl (C=O) groups is 2. The van der Waals surface area contributed by atoms with Crippen molar-refractivity contribution in [1.82, 2.24) is 10.3 Å². The molecular formula is C14H10ClN3O3. The highest BCUT2D eigenvalue weighted by Crippen LogP contribution is 2.23. The molecule has 1 aromatic carbocycles. The second-order valence-corrected chi connectivity index (χ2v) is 4.80. The van der Waals surface area contributed by atoms with Crippen molar-refractivity contribution in [2.24, 2.45) is 5.10 Å². The lowest BCUT2D eigenvalue weighted by Crippen LogP contribution is -2.24. The summed E-state index contributed by atoms with van der Waals surface area (Å²) < 4.78 is 5.60. The minimum absolute atomic E-state index is 0.0833. The SMILES string of the molecule is O=C1CN(/N=C/c2ccc(-c3ccc(Cl)cc3)o2)C(=O)N1. The first-order chi connectivity index (χ1) is 10.1. The zero-order chi connectivity index (χ0) is 14.8. The Morgan fingerprint density at radius 1 is 1.19 bits per heavy atom. The van der Waals surface area contributed by atoms with Crippen molar-refractivity contribution < 1.29 is 14.0 Å². The normalized spacial score (nSPS) is 15.0. The molecule has 1 aliphatic heterocycles. The summed E-state index contributed by atoms with van der Waals surface area (Å²) in [7, 11) is 0. The molecule has 1 fully saturated rings. The molecule has 0 spiro atoms. The molecule has 0 unspecified atom stereocenters. The minimum atomic E-state index is -0.541. The quantitative estimate of drug-likeness (QED) is 0.699. The molecule has 3 rings (SSSR count). The van der Waals surface area contributed by atoms with Gasteiger partial charge in [0, 0.05) is 10.6 Å². The third kappa shape index (κ3) is 2.95. The molecule has 1 aromatic heterocycles. The molecule has 2 heterocycles.